The summed E-state index contributed by atoms with van der Waals surface area (Å²) in [5.41, 5.74) is 3.54. The molecular weight excluding hydrogens is 278 g/mol. The minimum absolute atomic E-state index is 0.758. The molecule has 0 amide bonds. The largest absolute Gasteiger partial charge is 0.311 e. The summed E-state index contributed by atoms with van der Waals surface area (Å²) in [4.78, 5) is 7.22. The molecule has 0 unspecified atom stereocenters. The number of hydrogen-bond acceptors (Lipinski definition) is 3. The van der Waals surface area contributed by atoms with Crippen molar-refractivity contribution in [3.8, 4) is 11.3 Å². The van der Waals surface area contributed by atoms with Crippen LogP contribution in [0.4, 0.5) is 0 Å². The fraction of sp³-hybridized carbons (Fsp3) is 0.214. The minimum Gasteiger partial charge on any atom is -0.311 e. The highest BCUT2D eigenvalue weighted by atomic mass is 35.5. The van der Waals surface area contributed by atoms with E-state index in [1.807, 2.05) is 24.3 Å². The Morgan fingerprint density at radius 3 is 2.95 bits per heavy atom. The summed E-state index contributed by atoms with van der Waals surface area (Å²) in [5.74, 6) is 0. The molecule has 0 bridgehead atoms. The average Bonchev–Trinajstić information content (AvgIpc) is 2.97. The van der Waals surface area contributed by atoms with E-state index in [9.17, 15) is 0 Å². The van der Waals surface area contributed by atoms with Gasteiger partial charge in [0.05, 0.1) is 5.69 Å². The van der Waals surface area contributed by atoms with Crippen molar-refractivity contribution in [2.24, 2.45) is 0 Å². The van der Waals surface area contributed by atoms with Crippen LogP contribution in [0.15, 0.2) is 30.5 Å². The summed E-state index contributed by atoms with van der Waals surface area (Å²) in [6.45, 7) is 2.02. The number of thiazole rings is 1. The van der Waals surface area contributed by atoms with Gasteiger partial charge in [-0.05, 0) is 12.1 Å². The van der Waals surface area contributed by atoms with Gasteiger partial charge in [-0.1, -0.05) is 35.1 Å². The topological polar surface area (TPSA) is 29.3 Å². The quantitative estimate of drug-likeness (QED) is 0.744. The smallest absolute Gasteiger partial charge is 0.194 e. The zero-order valence-electron chi connectivity index (χ0n) is 10.2. The Kier molecular flexibility index (Phi) is 2.62. The molecule has 0 fully saturated rings. The van der Waals surface area contributed by atoms with Gasteiger partial charge in [-0.2, -0.15) is 0 Å². The summed E-state index contributed by atoms with van der Waals surface area (Å²) >= 11 is 7.70. The second-order valence-corrected chi connectivity index (χ2v) is 6.18. The van der Waals surface area contributed by atoms with Gasteiger partial charge in [-0.15, -0.1) is 0 Å². The van der Waals surface area contributed by atoms with Crippen molar-refractivity contribution in [1.82, 2.24) is 14.7 Å². The van der Waals surface area contributed by atoms with Gasteiger partial charge < -0.3 is 5.32 Å². The Morgan fingerprint density at radius 1 is 1.26 bits per heavy atom. The second-order valence-electron chi connectivity index (χ2n) is 4.68. The predicted molar refractivity (Wildman–Crippen MR) is 78.9 cm³/mol. The number of halogens is 1. The van der Waals surface area contributed by atoms with Crippen LogP contribution in [0.25, 0.3) is 16.2 Å². The van der Waals surface area contributed by atoms with Crippen LogP contribution >= 0.6 is 22.9 Å². The third-order valence-corrected chi connectivity index (χ3v) is 4.81. The number of nitrogens with one attached hydrogen (secondary N) is 1. The van der Waals surface area contributed by atoms with E-state index in [4.69, 9.17) is 16.6 Å². The first-order valence-electron chi connectivity index (χ1n) is 6.27. The number of imidazole rings is 1. The van der Waals surface area contributed by atoms with Crippen LogP contribution in [0.1, 0.15) is 10.6 Å². The third kappa shape index (κ3) is 1.87. The first kappa shape index (κ1) is 11.5. The summed E-state index contributed by atoms with van der Waals surface area (Å²) < 4.78 is 2.24. The molecule has 0 radical (unpaired) electrons. The van der Waals surface area contributed by atoms with E-state index < -0.39 is 0 Å². The van der Waals surface area contributed by atoms with E-state index in [0.717, 1.165) is 40.8 Å². The van der Waals surface area contributed by atoms with E-state index in [1.54, 1.807) is 11.3 Å². The molecule has 19 heavy (non-hydrogen) atoms. The molecule has 1 aliphatic heterocycles. The van der Waals surface area contributed by atoms with Gasteiger partial charge in [-0.25, -0.2) is 4.98 Å². The van der Waals surface area contributed by atoms with Gasteiger partial charge >= 0.3 is 0 Å². The zero-order chi connectivity index (χ0) is 12.8. The van der Waals surface area contributed by atoms with Crippen molar-refractivity contribution in [3.63, 3.8) is 0 Å². The van der Waals surface area contributed by atoms with Crippen LogP contribution in [-0.2, 0) is 13.0 Å². The molecular formula is C14H12ClN3S. The van der Waals surface area contributed by atoms with Gasteiger partial charge in [0.15, 0.2) is 4.96 Å². The van der Waals surface area contributed by atoms with Crippen molar-refractivity contribution < 1.29 is 0 Å². The maximum absolute atomic E-state index is 5.92. The molecule has 1 N–H and O–H groups in total. The van der Waals surface area contributed by atoms with Crippen LogP contribution in [0.2, 0.25) is 5.02 Å². The average molecular weight is 290 g/mol. The lowest BCUT2D eigenvalue weighted by Gasteiger charge is -2.11. The highest BCUT2D eigenvalue weighted by Gasteiger charge is 2.17. The lowest BCUT2D eigenvalue weighted by Crippen LogP contribution is -2.23. The van der Waals surface area contributed by atoms with Crippen molar-refractivity contribution >= 4 is 27.9 Å². The molecule has 4 rings (SSSR count). The van der Waals surface area contributed by atoms with Crippen LogP contribution in [-0.4, -0.2) is 15.9 Å². The summed E-state index contributed by atoms with van der Waals surface area (Å²) in [6, 6.07) is 7.85. The first-order valence-corrected chi connectivity index (χ1v) is 7.47. The van der Waals surface area contributed by atoms with Crippen molar-refractivity contribution in [3.05, 3.63) is 46.1 Å². The van der Waals surface area contributed by atoms with E-state index in [2.05, 4.69) is 15.9 Å². The SMILES string of the molecule is Clc1ccc(-c2cn3c4c(sc3n2)CNCC4)cc1. The second kappa shape index (κ2) is 4.34. The third-order valence-electron chi connectivity index (χ3n) is 3.46. The molecule has 0 spiro atoms. The van der Waals surface area contributed by atoms with Crippen LogP contribution < -0.4 is 5.32 Å². The highest BCUT2D eigenvalue weighted by molar-refractivity contribution is 7.17. The number of rotatable bonds is 1. The molecule has 1 aliphatic rings. The Bertz CT molecular complexity index is 742. The molecule has 0 atom stereocenters. The standard InChI is InChI=1S/C14H12ClN3S/c15-10-3-1-9(2-4-10)11-8-18-12-5-6-16-7-13(12)19-14(18)17-11/h1-4,8,16H,5-7H2. The maximum atomic E-state index is 5.92. The Hall–Kier alpha value is -1.36. The summed E-state index contributed by atoms with van der Waals surface area (Å²) in [5, 5.41) is 4.16. The highest BCUT2D eigenvalue weighted by Crippen LogP contribution is 2.29. The van der Waals surface area contributed by atoms with Crippen molar-refractivity contribution in [2.45, 2.75) is 13.0 Å². The van der Waals surface area contributed by atoms with E-state index in [-0.39, 0.29) is 0 Å². The Morgan fingerprint density at radius 2 is 2.11 bits per heavy atom. The zero-order valence-corrected chi connectivity index (χ0v) is 11.8. The molecule has 0 saturated carbocycles. The fourth-order valence-corrected chi connectivity index (χ4v) is 3.74. The number of hydrogen-bond donors (Lipinski definition) is 1. The van der Waals surface area contributed by atoms with Gasteiger partial charge in [-0.3, -0.25) is 4.40 Å². The molecule has 2 aromatic heterocycles. The number of nitrogens with zero attached hydrogens (tertiary/aromatic N) is 2. The molecule has 0 aliphatic carbocycles. The molecule has 3 aromatic rings. The van der Waals surface area contributed by atoms with E-state index in [1.165, 1.54) is 10.6 Å². The Balaban J connectivity index is 1.84. The molecule has 0 saturated heterocycles. The van der Waals surface area contributed by atoms with Crippen LogP contribution in [0.3, 0.4) is 0 Å². The molecule has 5 heteroatoms. The van der Waals surface area contributed by atoms with Gasteiger partial charge in [0.2, 0.25) is 0 Å². The molecule has 3 heterocycles. The van der Waals surface area contributed by atoms with Crippen LogP contribution in [0, 0.1) is 0 Å². The predicted octanol–water partition coefficient (Wildman–Crippen LogP) is 3.36. The van der Waals surface area contributed by atoms with E-state index in [0.29, 0.717) is 0 Å². The van der Waals surface area contributed by atoms with Gasteiger partial charge in [0, 0.05) is 46.9 Å². The lowest BCUT2D eigenvalue weighted by atomic mass is 10.2. The fourth-order valence-electron chi connectivity index (χ4n) is 2.50. The molecule has 1 aromatic carbocycles. The molecule has 96 valence electrons. The maximum Gasteiger partial charge on any atom is 0.194 e. The van der Waals surface area contributed by atoms with Gasteiger partial charge in [0.25, 0.3) is 0 Å². The summed E-state index contributed by atoms with van der Waals surface area (Å²) in [6.07, 6.45) is 3.21. The molecule has 3 nitrogen and oxygen atoms in total. The lowest BCUT2D eigenvalue weighted by molar-refractivity contribution is 0.638. The number of aromatic nitrogens is 2. The first-order chi connectivity index (χ1) is 9.31. The Labute approximate surface area is 119 Å². The van der Waals surface area contributed by atoms with Crippen LogP contribution in [0.5, 0.6) is 0 Å². The van der Waals surface area contributed by atoms with Crippen molar-refractivity contribution in [1.29, 1.82) is 0 Å². The summed E-state index contributed by atoms with van der Waals surface area (Å²) in [7, 11) is 0. The van der Waals surface area contributed by atoms with E-state index >= 15 is 0 Å². The normalized spacial score (nSPS) is 14.8. The number of fused-ring (bicyclic) bond motifs is 3. The number of benzene rings is 1. The van der Waals surface area contributed by atoms with Crippen molar-refractivity contribution in [2.75, 3.05) is 6.54 Å². The van der Waals surface area contributed by atoms with Gasteiger partial charge in [0.1, 0.15) is 0 Å². The monoisotopic (exact) mass is 289 g/mol. The minimum atomic E-state index is 0.758.